The van der Waals surface area contributed by atoms with E-state index in [2.05, 4.69) is 5.32 Å². The summed E-state index contributed by atoms with van der Waals surface area (Å²) >= 11 is 1.99. The molecule has 2 rings (SSSR count). The molecule has 12 heavy (non-hydrogen) atoms. The Morgan fingerprint density at radius 1 is 1.67 bits per heavy atom. The Labute approximate surface area is 76.7 Å². The first-order valence-electron chi connectivity index (χ1n) is 4.30. The maximum atomic E-state index is 5.25. The van der Waals surface area contributed by atoms with Gasteiger partial charge in [-0.25, -0.2) is 0 Å². The van der Waals surface area contributed by atoms with E-state index < -0.39 is 0 Å². The molecule has 1 aliphatic heterocycles. The molecular formula is C9H13NOS. The Bertz CT molecular complexity index is 216. The van der Waals surface area contributed by atoms with Crippen LogP contribution in [-0.4, -0.2) is 18.3 Å². The maximum Gasteiger partial charge on any atom is 0.113 e. The van der Waals surface area contributed by atoms with Gasteiger partial charge >= 0.3 is 0 Å². The molecule has 66 valence electrons. The van der Waals surface area contributed by atoms with E-state index in [0.717, 1.165) is 23.3 Å². The van der Waals surface area contributed by atoms with Crippen molar-refractivity contribution in [1.82, 2.24) is 5.32 Å². The van der Waals surface area contributed by atoms with Gasteiger partial charge in [0.15, 0.2) is 0 Å². The van der Waals surface area contributed by atoms with Gasteiger partial charge in [-0.15, -0.1) is 11.8 Å². The lowest BCUT2D eigenvalue weighted by molar-refractivity contribution is 0.530. The zero-order valence-corrected chi connectivity index (χ0v) is 7.77. The SMILES string of the molecule is c1coc(CSC2CCNC2)c1. The van der Waals surface area contributed by atoms with Gasteiger partial charge in [0.05, 0.1) is 12.0 Å². The molecule has 3 heteroatoms. The highest BCUT2D eigenvalue weighted by atomic mass is 32.2. The van der Waals surface area contributed by atoms with Crippen LogP contribution in [-0.2, 0) is 5.75 Å². The van der Waals surface area contributed by atoms with Gasteiger partial charge in [0.1, 0.15) is 5.76 Å². The molecule has 0 amide bonds. The van der Waals surface area contributed by atoms with Gasteiger partial charge in [0, 0.05) is 11.8 Å². The molecule has 1 aliphatic rings. The van der Waals surface area contributed by atoms with Crippen LogP contribution in [0.5, 0.6) is 0 Å². The van der Waals surface area contributed by atoms with E-state index in [1.54, 1.807) is 6.26 Å². The molecule has 1 unspecified atom stereocenters. The van der Waals surface area contributed by atoms with Crippen molar-refractivity contribution in [3.63, 3.8) is 0 Å². The van der Waals surface area contributed by atoms with E-state index >= 15 is 0 Å². The third-order valence-electron chi connectivity index (χ3n) is 2.06. The molecular weight excluding hydrogens is 170 g/mol. The fourth-order valence-electron chi connectivity index (χ4n) is 1.37. The first-order valence-corrected chi connectivity index (χ1v) is 5.35. The van der Waals surface area contributed by atoms with Gasteiger partial charge in [0.2, 0.25) is 0 Å². The van der Waals surface area contributed by atoms with Crippen LogP contribution < -0.4 is 5.32 Å². The summed E-state index contributed by atoms with van der Waals surface area (Å²) in [5, 5.41) is 4.14. The van der Waals surface area contributed by atoms with Crippen molar-refractivity contribution in [2.24, 2.45) is 0 Å². The predicted molar refractivity (Wildman–Crippen MR) is 51.3 cm³/mol. The van der Waals surface area contributed by atoms with Crippen LogP contribution in [0.3, 0.4) is 0 Å². The average Bonchev–Trinajstić information content (AvgIpc) is 2.74. The molecule has 1 aromatic heterocycles. The number of hydrogen-bond acceptors (Lipinski definition) is 3. The van der Waals surface area contributed by atoms with E-state index in [1.165, 1.54) is 13.0 Å². The second kappa shape index (κ2) is 4.01. The van der Waals surface area contributed by atoms with Crippen molar-refractivity contribution in [3.05, 3.63) is 24.2 Å². The summed E-state index contributed by atoms with van der Waals surface area (Å²) < 4.78 is 5.25. The monoisotopic (exact) mass is 183 g/mol. The first-order chi connectivity index (χ1) is 5.95. The zero-order chi connectivity index (χ0) is 8.23. The van der Waals surface area contributed by atoms with Gasteiger partial charge in [-0.1, -0.05) is 0 Å². The summed E-state index contributed by atoms with van der Waals surface area (Å²) in [5.74, 6) is 2.10. The number of rotatable bonds is 3. The topological polar surface area (TPSA) is 25.2 Å². The normalized spacial score (nSPS) is 23.2. The number of nitrogens with one attached hydrogen (secondary N) is 1. The molecule has 2 nitrogen and oxygen atoms in total. The van der Waals surface area contributed by atoms with Crippen LogP contribution in [0.2, 0.25) is 0 Å². The van der Waals surface area contributed by atoms with Crippen molar-refractivity contribution < 1.29 is 4.42 Å². The number of furan rings is 1. The second-order valence-corrected chi connectivity index (χ2v) is 4.29. The van der Waals surface area contributed by atoms with Crippen molar-refractivity contribution in [3.8, 4) is 0 Å². The minimum atomic E-state index is 0.787. The van der Waals surface area contributed by atoms with Crippen LogP contribution in [0.1, 0.15) is 12.2 Å². The predicted octanol–water partition coefficient (Wildman–Crippen LogP) is 1.87. The van der Waals surface area contributed by atoms with Crippen LogP contribution in [0.4, 0.5) is 0 Å². The summed E-state index contributed by atoms with van der Waals surface area (Å²) in [6.45, 7) is 2.33. The molecule has 2 heterocycles. The minimum absolute atomic E-state index is 0.787. The van der Waals surface area contributed by atoms with Gasteiger partial charge in [-0.05, 0) is 25.1 Å². The lowest BCUT2D eigenvalue weighted by atomic mass is 10.4. The molecule has 1 atom stereocenters. The van der Waals surface area contributed by atoms with Crippen LogP contribution >= 0.6 is 11.8 Å². The number of hydrogen-bond donors (Lipinski definition) is 1. The van der Waals surface area contributed by atoms with Crippen molar-refractivity contribution in [2.45, 2.75) is 17.4 Å². The maximum absolute atomic E-state index is 5.25. The van der Waals surface area contributed by atoms with Crippen LogP contribution in [0, 0.1) is 0 Å². The van der Waals surface area contributed by atoms with Gasteiger partial charge in [-0.3, -0.25) is 0 Å². The quantitative estimate of drug-likeness (QED) is 0.774. The minimum Gasteiger partial charge on any atom is -0.468 e. The summed E-state index contributed by atoms with van der Waals surface area (Å²) in [6.07, 6.45) is 3.04. The van der Waals surface area contributed by atoms with E-state index in [1.807, 2.05) is 23.9 Å². The molecule has 0 radical (unpaired) electrons. The molecule has 0 spiro atoms. The smallest absolute Gasteiger partial charge is 0.113 e. The van der Waals surface area contributed by atoms with Crippen molar-refractivity contribution in [2.75, 3.05) is 13.1 Å². The highest BCUT2D eigenvalue weighted by Crippen LogP contribution is 2.21. The van der Waals surface area contributed by atoms with Crippen LogP contribution in [0.25, 0.3) is 0 Å². The fourth-order valence-corrected chi connectivity index (χ4v) is 2.45. The zero-order valence-electron chi connectivity index (χ0n) is 6.95. The van der Waals surface area contributed by atoms with Crippen molar-refractivity contribution >= 4 is 11.8 Å². The Morgan fingerprint density at radius 2 is 2.67 bits per heavy atom. The fraction of sp³-hybridized carbons (Fsp3) is 0.556. The summed E-state index contributed by atoms with van der Waals surface area (Å²) in [6, 6.07) is 3.98. The lowest BCUT2D eigenvalue weighted by Crippen LogP contribution is -2.10. The van der Waals surface area contributed by atoms with E-state index in [4.69, 9.17) is 4.42 Å². The summed E-state index contributed by atoms with van der Waals surface area (Å²) in [4.78, 5) is 0. The molecule has 0 saturated carbocycles. The summed E-state index contributed by atoms with van der Waals surface area (Å²) in [7, 11) is 0. The lowest BCUT2D eigenvalue weighted by Gasteiger charge is -2.04. The Morgan fingerprint density at radius 3 is 3.33 bits per heavy atom. The molecule has 0 aromatic carbocycles. The third kappa shape index (κ3) is 2.05. The van der Waals surface area contributed by atoms with Crippen LogP contribution in [0.15, 0.2) is 22.8 Å². The molecule has 1 fully saturated rings. The average molecular weight is 183 g/mol. The second-order valence-electron chi connectivity index (χ2n) is 3.01. The Kier molecular flexibility index (Phi) is 2.74. The van der Waals surface area contributed by atoms with Gasteiger partial charge in [0.25, 0.3) is 0 Å². The van der Waals surface area contributed by atoms with Gasteiger partial charge < -0.3 is 9.73 Å². The first kappa shape index (κ1) is 8.20. The molecule has 1 N–H and O–H groups in total. The van der Waals surface area contributed by atoms with E-state index in [-0.39, 0.29) is 0 Å². The highest BCUT2D eigenvalue weighted by molar-refractivity contribution is 7.99. The molecule has 0 aliphatic carbocycles. The van der Waals surface area contributed by atoms with Gasteiger partial charge in [-0.2, -0.15) is 0 Å². The van der Waals surface area contributed by atoms with Crippen molar-refractivity contribution in [1.29, 1.82) is 0 Å². The Hall–Kier alpha value is -0.410. The highest BCUT2D eigenvalue weighted by Gasteiger charge is 2.14. The third-order valence-corrected chi connectivity index (χ3v) is 3.38. The molecule has 0 bridgehead atoms. The van der Waals surface area contributed by atoms with E-state index in [9.17, 15) is 0 Å². The number of thioether (sulfide) groups is 1. The largest absolute Gasteiger partial charge is 0.468 e. The molecule has 1 aromatic rings. The summed E-state index contributed by atoms with van der Waals surface area (Å²) in [5.41, 5.74) is 0. The van der Waals surface area contributed by atoms with E-state index in [0.29, 0.717) is 0 Å². The standard InChI is InChI=1S/C9H13NOS/c1-2-8(11-5-1)7-12-9-3-4-10-6-9/h1-2,5,9-10H,3-4,6-7H2. The Balaban J connectivity index is 1.74. The molecule has 1 saturated heterocycles.